The van der Waals surface area contributed by atoms with E-state index in [1.807, 2.05) is 0 Å². The van der Waals surface area contributed by atoms with E-state index in [0.717, 1.165) is 5.56 Å². The van der Waals surface area contributed by atoms with E-state index in [4.69, 9.17) is 5.11 Å². The highest BCUT2D eigenvalue weighted by atomic mass is 19.1. The Morgan fingerprint density at radius 3 is 2.62 bits per heavy atom. The van der Waals surface area contributed by atoms with Gasteiger partial charge in [-0.25, -0.2) is 4.39 Å². The molecule has 2 atom stereocenters. The van der Waals surface area contributed by atoms with Gasteiger partial charge in [0.1, 0.15) is 5.82 Å². The zero-order valence-electron chi connectivity index (χ0n) is 11.6. The minimum absolute atomic E-state index is 0.0437. The SMILES string of the molecule is O=C(CC=Cc1ccc(F)cc1)NC1CCC(C(=O)O)C1. The molecule has 5 heteroatoms. The van der Waals surface area contributed by atoms with Gasteiger partial charge < -0.3 is 10.4 Å². The third-order valence-electron chi connectivity index (χ3n) is 3.63. The van der Waals surface area contributed by atoms with Crippen molar-refractivity contribution in [2.75, 3.05) is 0 Å². The predicted octanol–water partition coefficient (Wildman–Crippen LogP) is 2.60. The summed E-state index contributed by atoms with van der Waals surface area (Å²) in [6, 6.07) is 5.96. The summed E-state index contributed by atoms with van der Waals surface area (Å²) in [6.07, 6.45) is 5.53. The molecule has 1 aromatic rings. The maximum atomic E-state index is 12.7. The van der Waals surface area contributed by atoms with Gasteiger partial charge in [-0.15, -0.1) is 0 Å². The average Bonchev–Trinajstić information content (AvgIpc) is 2.90. The van der Waals surface area contributed by atoms with Crippen LogP contribution in [-0.4, -0.2) is 23.0 Å². The van der Waals surface area contributed by atoms with E-state index in [1.54, 1.807) is 24.3 Å². The van der Waals surface area contributed by atoms with Crippen LogP contribution in [0.25, 0.3) is 6.08 Å². The van der Waals surface area contributed by atoms with Crippen molar-refractivity contribution in [3.8, 4) is 0 Å². The first-order chi connectivity index (χ1) is 10.0. The number of carbonyl (C=O) groups is 2. The van der Waals surface area contributed by atoms with Crippen molar-refractivity contribution >= 4 is 18.0 Å². The summed E-state index contributed by atoms with van der Waals surface area (Å²) in [5.74, 6) is -1.54. The van der Waals surface area contributed by atoms with Crippen LogP contribution in [-0.2, 0) is 9.59 Å². The quantitative estimate of drug-likeness (QED) is 0.876. The average molecular weight is 291 g/mol. The number of hydrogen-bond acceptors (Lipinski definition) is 2. The summed E-state index contributed by atoms with van der Waals surface area (Å²) in [4.78, 5) is 22.6. The van der Waals surface area contributed by atoms with E-state index < -0.39 is 5.97 Å². The molecule has 2 rings (SSSR count). The van der Waals surface area contributed by atoms with Crippen molar-refractivity contribution in [1.29, 1.82) is 0 Å². The predicted molar refractivity (Wildman–Crippen MR) is 77.0 cm³/mol. The largest absolute Gasteiger partial charge is 0.481 e. The number of amides is 1. The van der Waals surface area contributed by atoms with Crippen molar-refractivity contribution in [3.05, 3.63) is 41.7 Å². The highest BCUT2D eigenvalue weighted by Gasteiger charge is 2.30. The second-order valence-corrected chi connectivity index (χ2v) is 5.27. The Labute approximate surface area is 122 Å². The zero-order valence-corrected chi connectivity index (χ0v) is 11.6. The van der Waals surface area contributed by atoms with E-state index in [2.05, 4.69) is 5.32 Å². The van der Waals surface area contributed by atoms with Gasteiger partial charge >= 0.3 is 5.97 Å². The van der Waals surface area contributed by atoms with E-state index in [9.17, 15) is 14.0 Å². The lowest BCUT2D eigenvalue weighted by atomic mass is 10.1. The van der Waals surface area contributed by atoms with Gasteiger partial charge in [-0.3, -0.25) is 9.59 Å². The topological polar surface area (TPSA) is 66.4 Å². The zero-order chi connectivity index (χ0) is 15.2. The summed E-state index contributed by atoms with van der Waals surface area (Å²) in [7, 11) is 0. The summed E-state index contributed by atoms with van der Waals surface area (Å²) < 4.78 is 12.7. The fourth-order valence-corrected chi connectivity index (χ4v) is 2.50. The van der Waals surface area contributed by atoms with Crippen LogP contribution in [0.2, 0.25) is 0 Å². The molecule has 1 aliphatic carbocycles. The molecular formula is C16H18FNO3. The highest BCUT2D eigenvalue weighted by Crippen LogP contribution is 2.25. The van der Waals surface area contributed by atoms with Gasteiger partial charge in [-0.1, -0.05) is 24.3 Å². The van der Waals surface area contributed by atoms with Crippen molar-refractivity contribution in [2.45, 2.75) is 31.7 Å². The molecular weight excluding hydrogens is 273 g/mol. The van der Waals surface area contributed by atoms with Crippen LogP contribution in [0.1, 0.15) is 31.2 Å². The molecule has 1 fully saturated rings. The number of carbonyl (C=O) groups excluding carboxylic acids is 1. The molecule has 1 amide bonds. The number of hydrogen-bond donors (Lipinski definition) is 2. The van der Waals surface area contributed by atoms with Crippen LogP contribution in [0.15, 0.2) is 30.3 Å². The van der Waals surface area contributed by atoms with E-state index in [0.29, 0.717) is 19.3 Å². The maximum Gasteiger partial charge on any atom is 0.306 e. The summed E-state index contributed by atoms with van der Waals surface area (Å²) in [6.45, 7) is 0. The minimum atomic E-state index is -0.789. The number of nitrogens with one attached hydrogen (secondary N) is 1. The molecule has 0 spiro atoms. The van der Waals surface area contributed by atoms with E-state index in [1.165, 1.54) is 12.1 Å². The Bertz CT molecular complexity index is 539. The van der Waals surface area contributed by atoms with Crippen molar-refractivity contribution in [2.24, 2.45) is 5.92 Å². The molecule has 1 aromatic carbocycles. The van der Waals surface area contributed by atoms with Crippen LogP contribution >= 0.6 is 0 Å². The Hall–Kier alpha value is -2.17. The lowest BCUT2D eigenvalue weighted by Gasteiger charge is -2.11. The number of aliphatic carboxylic acids is 1. The molecule has 0 bridgehead atoms. The van der Waals surface area contributed by atoms with Crippen molar-refractivity contribution in [1.82, 2.24) is 5.32 Å². The number of benzene rings is 1. The van der Waals surface area contributed by atoms with Crippen LogP contribution in [0, 0.1) is 11.7 Å². The Kier molecular flexibility index (Phi) is 5.09. The summed E-state index contributed by atoms with van der Waals surface area (Å²) in [5, 5.41) is 11.7. The van der Waals surface area contributed by atoms with Crippen LogP contribution in [0.4, 0.5) is 4.39 Å². The molecule has 0 heterocycles. The van der Waals surface area contributed by atoms with Gasteiger partial charge in [0, 0.05) is 12.5 Å². The lowest BCUT2D eigenvalue weighted by Crippen LogP contribution is -2.32. The molecule has 112 valence electrons. The molecule has 2 N–H and O–H groups in total. The normalized spacial score (nSPS) is 21.6. The van der Waals surface area contributed by atoms with Crippen LogP contribution in [0.5, 0.6) is 0 Å². The second-order valence-electron chi connectivity index (χ2n) is 5.27. The molecule has 4 nitrogen and oxygen atoms in total. The smallest absolute Gasteiger partial charge is 0.306 e. The molecule has 0 aromatic heterocycles. The molecule has 2 unspecified atom stereocenters. The third kappa shape index (κ3) is 4.70. The van der Waals surface area contributed by atoms with Gasteiger partial charge in [0.05, 0.1) is 5.92 Å². The number of carboxylic acids is 1. The highest BCUT2D eigenvalue weighted by molar-refractivity contribution is 5.79. The van der Waals surface area contributed by atoms with Crippen molar-refractivity contribution in [3.63, 3.8) is 0 Å². The first kappa shape index (κ1) is 15.2. The van der Waals surface area contributed by atoms with Crippen molar-refractivity contribution < 1.29 is 19.1 Å². The minimum Gasteiger partial charge on any atom is -0.481 e. The van der Waals surface area contributed by atoms with Gasteiger partial charge in [-0.2, -0.15) is 0 Å². The Balaban J connectivity index is 1.75. The monoisotopic (exact) mass is 291 g/mol. The molecule has 0 radical (unpaired) electrons. The van der Waals surface area contributed by atoms with Gasteiger partial charge in [0.2, 0.25) is 5.91 Å². The third-order valence-corrected chi connectivity index (χ3v) is 3.63. The first-order valence-electron chi connectivity index (χ1n) is 6.99. The molecule has 0 saturated heterocycles. The fourth-order valence-electron chi connectivity index (χ4n) is 2.50. The summed E-state index contributed by atoms with van der Waals surface area (Å²) in [5.41, 5.74) is 0.830. The standard InChI is InChI=1S/C16H18FNO3/c17-13-7-4-11(5-8-13)2-1-3-15(19)18-14-9-6-12(10-14)16(20)21/h1-2,4-5,7-8,12,14H,3,6,9-10H2,(H,18,19)(H,20,21). The number of halogens is 1. The van der Waals surface area contributed by atoms with E-state index >= 15 is 0 Å². The van der Waals surface area contributed by atoms with Gasteiger partial charge in [-0.05, 0) is 37.0 Å². The molecule has 1 aliphatic rings. The number of rotatable bonds is 5. The Morgan fingerprint density at radius 1 is 1.29 bits per heavy atom. The van der Waals surface area contributed by atoms with Gasteiger partial charge in [0.25, 0.3) is 0 Å². The molecule has 21 heavy (non-hydrogen) atoms. The molecule has 1 saturated carbocycles. The lowest BCUT2D eigenvalue weighted by molar-refractivity contribution is -0.141. The fraction of sp³-hybridized carbons (Fsp3) is 0.375. The summed E-state index contributed by atoms with van der Waals surface area (Å²) >= 11 is 0. The first-order valence-corrected chi connectivity index (χ1v) is 6.99. The number of carboxylic acid groups (broad SMARTS) is 1. The Morgan fingerprint density at radius 2 is 2.00 bits per heavy atom. The second kappa shape index (κ2) is 7.02. The van der Waals surface area contributed by atoms with Gasteiger partial charge in [0.15, 0.2) is 0 Å². The van der Waals surface area contributed by atoms with Crippen LogP contribution < -0.4 is 5.32 Å². The maximum absolute atomic E-state index is 12.7. The van der Waals surface area contributed by atoms with E-state index in [-0.39, 0.29) is 30.1 Å². The molecule has 0 aliphatic heterocycles. The van der Waals surface area contributed by atoms with Crippen LogP contribution in [0.3, 0.4) is 0 Å².